The van der Waals surface area contributed by atoms with E-state index in [1.165, 1.54) is 5.56 Å². The molecular formula is C25H31NO8S. The van der Waals surface area contributed by atoms with Crippen molar-refractivity contribution in [3.05, 3.63) is 59.7 Å². The van der Waals surface area contributed by atoms with Gasteiger partial charge in [0.15, 0.2) is 11.7 Å². The van der Waals surface area contributed by atoms with Crippen LogP contribution in [-0.2, 0) is 18.9 Å². The molecule has 3 rings (SSSR count). The first-order valence-corrected chi connectivity index (χ1v) is 12.0. The van der Waals surface area contributed by atoms with Gasteiger partial charge >= 0.3 is 5.97 Å². The lowest BCUT2D eigenvalue weighted by molar-refractivity contribution is -0.0684. The molecular weight excluding hydrogens is 474 g/mol. The van der Waals surface area contributed by atoms with E-state index >= 15 is 0 Å². The van der Waals surface area contributed by atoms with Gasteiger partial charge in [-0.1, -0.05) is 18.2 Å². The van der Waals surface area contributed by atoms with E-state index in [1.54, 1.807) is 31.2 Å². The van der Waals surface area contributed by atoms with Crippen molar-refractivity contribution < 1.29 is 38.3 Å². The molecule has 35 heavy (non-hydrogen) atoms. The predicted octanol–water partition coefficient (Wildman–Crippen LogP) is 3.54. The number of benzene rings is 2. The van der Waals surface area contributed by atoms with Gasteiger partial charge in [0.25, 0.3) is 0 Å². The number of nitriles is 1. The molecule has 10 heteroatoms. The van der Waals surface area contributed by atoms with Crippen molar-refractivity contribution in [3.63, 3.8) is 0 Å². The van der Waals surface area contributed by atoms with Crippen molar-refractivity contribution in [1.29, 1.82) is 5.26 Å². The van der Waals surface area contributed by atoms with Gasteiger partial charge < -0.3 is 33.5 Å². The van der Waals surface area contributed by atoms with Gasteiger partial charge in [0.2, 0.25) is 0 Å². The van der Waals surface area contributed by atoms with Crippen molar-refractivity contribution in [2.24, 2.45) is 0 Å². The Bertz CT molecular complexity index is 930. The molecule has 1 N–H and O–H groups in total. The summed E-state index contributed by atoms with van der Waals surface area (Å²) in [7, 11) is 0. The van der Waals surface area contributed by atoms with E-state index in [0.717, 1.165) is 17.5 Å². The standard InChI is InChI=1S/C14H17NO5S.C11H14O3/c1-2-18-14(17)11-4-3-5-12(8-11)20-9-13(21-10-15)19-7-6-16;1-9-3-2-4-10(7-9)14-8-11-12-5-6-13-11/h3-5,8,13,16H,2,6-7,9H2,1H3;2-4,7,11H,5-6,8H2,1H3. The molecule has 9 nitrogen and oxygen atoms in total. The largest absolute Gasteiger partial charge is 0.490 e. The van der Waals surface area contributed by atoms with Crippen LogP contribution in [0.3, 0.4) is 0 Å². The second kappa shape index (κ2) is 16.8. The van der Waals surface area contributed by atoms with E-state index in [9.17, 15) is 4.79 Å². The number of thiocyanates is 1. The number of hydrogen-bond donors (Lipinski definition) is 1. The molecule has 0 saturated carbocycles. The second-order valence-electron chi connectivity index (χ2n) is 7.09. The Balaban J connectivity index is 0.000000266. The van der Waals surface area contributed by atoms with Crippen molar-refractivity contribution in [3.8, 4) is 16.9 Å². The Morgan fingerprint density at radius 2 is 1.89 bits per heavy atom. The van der Waals surface area contributed by atoms with Gasteiger partial charge in [-0.15, -0.1) is 0 Å². The van der Waals surface area contributed by atoms with Gasteiger partial charge in [-0.05, 0) is 61.5 Å². The van der Waals surface area contributed by atoms with Crippen molar-refractivity contribution >= 4 is 17.7 Å². The van der Waals surface area contributed by atoms with Gasteiger partial charge in [-0.3, -0.25) is 0 Å². The van der Waals surface area contributed by atoms with E-state index in [0.29, 0.717) is 37.7 Å². The van der Waals surface area contributed by atoms with Crippen LogP contribution in [0, 0.1) is 17.6 Å². The fourth-order valence-corrected chi connectivity index (χ4v) is 3.24. The highest BCUT2D eigenvalue weighted by molar-refractivity contribution is 8.04. The summed E-state index contributed by atoms with van der Waals surface area (Å²) in [6.45, 7) is 6.01. The van der Waals surface area contributed by atoms with Crippen LogP contribution < -0.4 is 9.47 Å². The Morgan fingerprint density at radius 1 is 1.17 bits per heavy atom. The van der Waals surface area contributed by atoms with Gasteiger partial charge in [-0.25, -0.2) is 4.79 Å². The van der Waals surface area contributed by atoms with E-state index in [2.05, 4.69) is 0 Å². The maximum Gasteiger partial charge on any atom is 0.338 e. The van der Waals surface area contributed by atoms with Crippen LogP contribution >= 0.6 is 11.8 Å². The summed E-state index contributed by atoms with van der Waals surface area (Å²) in [6.07, 6.45) is -0.199. The number of nitrogens with zero attached hydrogens (tertiary/aromatic N) is 1. The smallest absolute Gasteiger partial charge is 0.338 e. The fourth-order valence-electron chi connectivity index (χ4n) is 2.82. The monoisotopic (exact) mass is 505 g/mol. The van der Waals surface area contributed by atoms with E-state index in [-0.39, 0.29) is 26.1 Å². The van der Waals surface area contributed by atoms with Crippen molar-refractivity contribution in [1.82, 2.24) is 0 Å². The summed E-state index contributed by atoms with van der Waals surface area (Å²) >= 11 is 0.910. The number of aliphatic hydroxyl groups is 1. The van der Waals surface area contributed by atoms with Gasteiger partial charge in [0.05, 0.1) is 38.6 Å². The number of aliphatic hydroxyl groups excluding tert-OH is 1. The molecule has 2 aromatic rings. The maximum atomic E-state index is 11.6. The zero-order valence-electron chi connectivity index (χ0n) is 19.9. The third-order valence-electron chi connectivity index (χ3n) is 4.38. The highest BCUT2D eigenvalue weighted by Gasteiger charge is 2.16. The molecule has 1 fully saturated rings. The van der Waals surface area contributed by atoms with Crippen LogP contribution in [-0.4, -0.2) is 69.1 Å². The Labute approximate surface area is 209 Å². The number of thioether (sulfide) groups is 1. The predicted molar refractivity (Wildman–Crippen MR) is 130 cm³/mol. The van der Waals surface area contributed by atoms with E-state index < -0.39 is 11.4 Å². The Morgan fingerprint density at radius 3 is 2.54 bits per heavy atom. The fraction of sp³-hybridized carbons (Fsp3) is 0.440. The molecule has 1 saturated heterocycles. The van der Waals surface area contributed by atoms with Crippen LogP contribution in [0.1, 0.15) is 22.8 Å². The summed E-state index contributed by atoms with van der Waals surface area (Å²) in [5.41, 5.74) is 1.08. The lowest BCUT2D eigenvalue weighted by atomic mass is 10.2. The first-order valence-electron chi connectivity index (χ1n) is 11.2. The average Bonchev–Trinajstić information content (AvgIpc) is 3.39. The normalized spacial score (nSPS) is 13.8. The van der Waals surface area contributed by atoms with Gasteiger partial charge in [0.1, 0.15) is 30.1 Å². The number of hydrogen-bond acceptors (Lipinski definition) is 10. The first kappa shape index (κ1) is 28.4. The zero-order valence-corrected chi connectivity index (χ0v) is 20.7. The second-order valence-corrected chi connectivity index (χ2v) is 8.04. The quantitative estimate of drug-likeness (QED) is 0.261. The molecule has 0 aliphatic carbocycles. The number of esters is 1. The molecule has 0 aromatic heterocycles. The van der Waals surface area contributed by atoms with Crippen LogP contribution in [0.2, 0.25) is 0 Å². The molecule has 1 atom stereocenters. The van der Waals surface area contributed by atoms with Gasteiger partial charge in [0, 0.05) is 0 Å². The Hall–Kier alpha value is -2.81. The van der Waals surface area contributed by atoms with Crippen LogP contribution in [0.4, 0.5) is 0 Å². The minimum Gasteiger partial charge on any atom is -0.490 e. The van der Waals surface area contributed by atoms with Crippen LogP contribution in [0.25, 0.3) is 0 Å². The lowest BCUT2D eigenvalue weighted by Crippen LogP contribution is -2.19. The molecule has 0 radical (unpaired) electrons. The molecule has 190 valence electrons. The summed E-state index contributed by atoms with van der Waals surface area (Å²) in [4.78, 5) is 11.6. The van der Waals surface area contributed by atoms with Gasteiger partial charge in [-0.2, -0.15) is 5.26 Å². The number of carbonyl (C=O) groups is 1. The third-order valence-corrected chi connectivity index (χ3v) is 5.02. The number of carbonyl (C=O) groups excluding carboxylic acids is 1. The minimum atomic E-state index is -0.506. The molecule has 2 aromatic carbocycles. The van der Waals surface area contributed by atoms with E-state index in [1.807, 2.05) is 36.6 Å². The van der Waals surface area contributed by atoms with Crippen molar-refractivity contribution in [2.75, 3.05) is 46.2 Å². The van der Waals surface area contributed by atoms with Crippen LogP contribution in [0.5, 0.6) is 11.5 Å². The Kier molecular flexibility index (Phi) is 13.6. The minimum absolute atomic E-state index is 0.124. The number of rotatable bonds is 12. The molecule has 1 aliphatic rings. The molecule has 1 unspecified atom stereocenters. The first-order chi connectivity index (χ1) is 17.0. The van der Waals surface area contributed by atoms with Crippen molar-refractivity contribution in [2.45, 2.75) is 25.6 Å². The highest BCUT2D eigenvalue weighted by atomic mass is 32.2. The summed E-state index contributed by atoms with van der Waals surface area (Å²) < 4.78 is 31.7. The molecule has 0 bridgehead atoms. The zero-order chi connectivity index (χ0) is 25.3. The third kappa shape index (κ3) is 11.4. The summed E-state index contributed by atoms with van der Waals surface area (Å²) in [5, 5.41) is 19.3. The summed E-state index contributed by atoms with van der Waals surface area (Å²) in [5.74, 6) is 0.934. The number of aryl methyl sites for hydroxylation is 1. The molecule has 0 amide bonds. The maximum absolute atomic E-state index is 11.6. The highest BCUT2D eigenvalue weighted by Crippen LogP contribution is 2.18. The van der Waals surface area contributed by atoms with Crippen LogP contribution in [0.15, 0.2) is 48.5 Å². The SMILES string of the molecule is CCOC(=O)c1cccc(OCC(OCCO)SC#N)c1.Cc1cccc(OCC2OCCO2)c1. The molecule has 0 spiro atoms. The molecule has 1 heterocycles. The average molecular weight is 506 g/mol. The topological polar surface area (TPSA) is 116 Å². The summed E-state index contributed by atoms with van der Waals surface area (Å²) in [6, 6.07) is 14.5. The number of ether oxygens (including phenoxy) is 6. The molecule has 1 aliphatic heterocycles. The lowest BCUT2D eigenvalue weighted by Gasteiger charge is -2.14. The van der Waals surface area contributed by atoms with E-state index in [4.69, 9.17) is 38.8 Å².